The summed E-state index contributed by atoms with van der Waals surface area (Å²) in [4.78, 5) is 0. The van der Waals surface area contributed by atoms with Gasteiger partial charge in [0.25, 0.3) is 0 Å². The van der Waals surface area contributed by atoms with Gasteiger partial charge in [0, 0.05) is 6.61 Å². The molecule has 0 aliphatic rings. The maximum atomic E-state index is 8.71. The van der Waals surface area contributed by atoms with Crippen LogP contribution in [0.1, 0.15) is 27.7 Å². The van der Waals surface area contributed by atoms with Gasteiger partial charge in [-0.3, -0.25) is 0 Å². The first kappa shape index (κ1) is 9.45. The lowest BCUT2D eigenvalue weighted by molar-refractivity contribution is -0.0139. The van der Waals surface area contributed by atoms with E-state index in [0.29, 0.717) is 6.61 Å². The van der Waals surface area contributed by atoms with Crippen molar-refractivity contribution >= 4 is 0 Å². The molecule has 0 saturated carbocycles. The molecule has 0 amide bonds. The summed E-state index contributed by atoms with van der Waals surface area (Å²) >= 11 is 0. The van der Waals surface area contributed by atoms with Crippen LogP contribution in [0.5, 0.6) is 0 Å². The fraction of sp³-hybridized carbons (Fsp3) is 0.875. The minimum absolute atomic E-state index is 0.248. The van der Waals surface area contributed by atoms with Crippen LogP contribution in [0.3, 0.4) is 0 Å². The molecule has 10 heavy (non-hydrogen) atoms. The van der Waals surface area contributed by atoms with E-state index in [9.17, 15) is 0 Å². The van der Waals surface area contributed by atoms with Crippen LogP contribution in [-0.4, -0.2) is 12.2 Å². The molecular formula is C8H15NO. The monoisotopic (exact) mass is 141 g/mol. The smallest absolute Gasteiger partial charge is 0.153 e. The summed E-state index contributed by atoms with van der Waals surface area (Å²) in [5.74, 6) is 0.248. The van der Waals surface area contributed by atoms with Gasteiger partial charge in [-0.25, -0.2) is 0 Å². The third-order valence-electron chi connectivity index (χ3n) is 1.77. The standard InChI is InChI=1S/C8H15NO/c1-5-10-8(4,6-9)7(2)3/h7H,5H2,1-4H3. The highest BCUT2D eigenvalue weighted by Crippen LogP contribution is 2.19. The fourth-order valence-corrected chi connectivity index (χ4v) is 0.628. The number of nitriles is 1. The third kappa shape index (κ3) is 2.00. The van der Waals surface area contributed by atoms with Crippen LogP contribution in [0.4, 0.5) is 0 Å². The summed E-state index contributed by atoms with van der Waals surface area (Å²) in [6, 6.07) is 2.16. The molecule has 2 nitrogen and oxygen atoms in total. The van der Waals surface area contributed by atoms with Gasteiger partial charge >= 0.3 is 0 Å². The zero-order chi connectivity index (χ0) is 8.20. The number of ether oxygens (including phenoxy) is 1. The second-order valence-corrected chi connectivity index (χ2v) is 2.81. The van der Waals surface area contributed by atoms with E-state index in [-0.39, 0.29) is 5.92 Å². The predicted octanol–water partition coefficient (Wildman–Crippen LogP) is 1.96. The SMILES string of the molecule is CCOC(C)(C#N)C(C)C. The van der Waals surface area contributed by atoms with Crippen molar-refractivity contribution in [2.45, 2.75) is 33.3 Å². The normalized spacial score (nSPS) is 16.4. The van der Waals surface area contributed by atoms with Crippen molar-refractivity contribution in [3.63, 3.8) is 0 Å². The van der Waals surface area contributed by atoms with Crippen LogP contribution in [0.25, 0.3) is 0 Å². The van der Waals surface area contributed by atoms with Crippen molar-refractivity contribution in [3.05, 3.63) is 0 Å². The Kier molecular flexibility index (Phi) is 3.38. The molecule has 0 spiro atoms. The van der Waals surface area contributed by atoms with E-state index in [4.69, 9.17) is 10.00 Å². The van der Waals surface area contributed by atoms with Gasteiger partial charge in [0.05, 0.1) is 6.07 Å². The first-order valence-electron chi connectivity index (χ1n) is 3.62. The molecule has 0 N–H and O–H groups in total. The van der Waals surface area contributed by atoms with Crippen molar-refractivity contribution < 1.29 is 4.74 Å². The average Bonchev–Trinajstić information content (AvgIpc) is 1.88. The second kappa shape index (κ2) is 3.58. The summed E-state index contributed by atoms with van der Waals surface area (Å²) in [6.07, 6.45) is 0. The Morgan fingerprint density at radius 2 is 2.10 bits per heavy atom. The van der Waals surface area contributed by atoms with Crippen molar-refractivity contribution in [2.24, 2.45) is 5.92 Å². The minimum atomic E-state index is -0.602. The van der Waals surface area contributed by atoms with Gasteiger partial charge in [-0.15, -0.1) is 0 Å². The van der Waals surface area contributed by atoms with Gasteiger partial charge in [0.1, 0.15) is 0 Å². The minimum Gasteiger partial charge on any atom is -0.360 e. The van der Waals surface area contributed by atoms with Gasteiger partial charge in [-0.05, 0) is 19.8 Å². The molecule has 0 aromatic heterocycles. The average molecular weight is 141 g/mol. The molecule has 1 unspecified atom stereocenters. The highest BCUT2D eigenvalue weighted by Gasteiger charge is 2.27. The third-order valence-corrected chi connectivity index (χ3v) is 1.77. The Labute approximate surface area is 62.8 Å². The Morgan fingerprint density at radius 3 is 2.20 bits per heavy atom. The molecule has 0 rings (SSSR count). The molecule has 58 valence electrons. The van der Waals surface area contributed by atoms with Crippen LogP contribution < -0.4 is 0 Å². The van der Waals surface area contributed by atoms with Gasteiger partial charge in [0.15, 0.2) is 5.60 Å². The molecule has 0 heterocycles. The van der Waals surface area contributed by atoms with Gasteiger partial charge in [-0.1, -0.05) is 13.8 Å². The molecule has 0 bridgehead atoms. The lowest BCUT2D eigenvalue weighted by Crippen LogP contribution is -2.32. The summed E-state index contributed by atoms with van der Waals surface area (Å²) in [5.41, 5.74) is -0.602. The van der Waals surface area contributed by atoms with E-state index >= 15 is 0 Å². The van der Waals surface area contributed by atoms with Crippen LogP contribution in [0.2, 0.25) is 0 Å². The van der Waals surface area contributed by atoms with E-state index < -0.39 is 5.60 Å². The number of hydrogen-bond donors (Lipinski definition) is 0. The van der Waals surface area contributed by atoms with Crippen LogP contribution in [0, 0.1) is 17.2 Å². The van der Waals surface area contributed by atoms with Gasteiger partial charge in [-0.2, -0.15) is 5.26 Å². The quantitative estimate of drug-likeness (QED) is 0.602. The van der Waals surface area contributed by atoms with Crippen LogP contribution in [-0.2, 0) is 4.74 Å². The topological polar surface area (TPSA) is 33.0 Å². The molecule has 1 atom stereocenters. The maximum Gasteiger partial charge on any atom is 0.153 e. The molecule has 0 aliphatic heterocycles. The first-order valence-corrected chi connectivity index (χ1v) is 3.62. The van der Waals surface area contributed by atoms with Crippen molar-refractivity contribution in [1.82, 2.24) is 0 Å². The largest absolute Gasteiger partial charge is 0.360 e. The Hall–Kier alpha value is -0.550. The molecule has 0 fully saturated rings. The molecule has 0 saturated heterocycles. The van der Waals surface area contributed by atoms with E-state index in [0.717, 1.165) is 0 Å². The zero-order valence-corrected chi connectivity index (χ0v) is 7.14. The first-order chi connectivity index (χ1) is 4.56. The lowest BCUT2D eigenvalue weighted by atomic mass is 9.94. The summed E-state index contributed by atoms with van der Waals surface area (Å²) in [6.45, 7) is 8.29. The number of hydrogen-bond acceptors (Lipinski definition) is 2. The summed E-state index contributed by atoms with van der Waals surface area (Å²) in [7, 11) is 0. The van der Waals surface area contributed by atoms with E-state index in [1.807, 2.05) is 27.7 Å². The maximum absolute atomic E-state index is 8.71. The number of nitrogens with zero attached hydrogens (tertiary/aromatic N) is 1. The lowest BCUT2D eigenvalue weighted by Gasteiger charge is -2.25. The van der Waals surface area contributed by atoms with Gasteiger partial charge < -0.3 is 4.74 Å². The van der Waals surface area contributed by atoms with Gasteiger partial charge in [0.2, 0.25) is 0 Å². The van der Waals surface area contributed by atoms with Crippen molar-refractivity contribution in [1.29, 1.82) is 5.26 Å². The molecule has 2 heteroatoms. The highest BCUT2D eigenvalue weighted by molar-refractivity contribution is 5.00. The summed E-state index contributed by atoms with van der Waals surface area (Å²) < 4.78 is 5.28. The van der Waals surface area contributed by atoms with E-state index in [1.165, 1.54) is 0 Å². The zero-order valence-electron chi connectivity index (χ0n) is 7.14. The molecular weight excluding hydrogens is 126 g/mol. The second-order valence-electron chi connectivity index (χ2n) is 2.81. The Morgan fingerprint density at radius 1 is 1.60 bits per heavy atom. The molecule has 0 aliphatic carbocycles. The summed E-state index contributed by atoms with van der Waals surface area (Å²) in [5, 5.41) is 8.71. The Balaban J connectivity index is 4.12. The Bertz CT molecular complexity index is 137. The van der Waals surface area contributed by atoms with Crippen LogP contribution >= 0.6 is 0 Å². The molecule has 0 radical (unpaired) electrons. The van der Waals surface area contributed by atoms with E-state index in [1.54, 1.807) is 0 Å². The molecule has 0 aromatic carbocycles. The molecule has 0 aromatic rings. The predicted molar refractivity (Wildman–Crippen MR) is 40.5 cm³/mol. The van der Waals surface area contributed by atoms with Crippen molar-refractivity contribution in [2.75, 3.05) is 6.61 Å². The van der Waals surface area contributed by atoms with Crippen molar-refractivity contribution in [3.8, 4) is 6.07 Å². The fourth-order valence-electron chi connectivity index (χ4n) is 0.628. The van der Waals surface area contributed by atoms with Crippen LogP contribution in [0.15, 0.2) is 0 Å². The highest BCUT2D eigenvalue weighted by atomic mass is 16.5. The number of rotatable bonds is 3. The van der Waals surface area contributed by atoms with E-state index in [2.05, 4.69) is 6.07 Å².